The third-order valence-corrected chi connectivity index (χ3v) is 7.45. The van der Waals surface area contributed by atoms with Crippen molar-refractivity contribution in [3.8, 4) is 23.0 Å². The van der Waals surface area contributed by atoms with Crippen molar-refractivity contribution in [1.82, 2.24) is 0 Å². The molecule has 15 heteroatoms. The molecular weight excluding hydrogens is 669 g/mol. The first-order valence-corrected chi connectivity index (χ1v) is 13.4. The van der Waals surface area contributed by atoms with E-state index in [4.69, 9.17) is 88.6 Å². The van der Waals surface area contributed by atoms with E-state index >= 15 is 0 Å². The fourth-order valence-corrected chi connectivity index (χ4v) is 5.64. The van der Waals surface area contributed by atoms with E-state index in [0.717, 1.165) is 0 Å². The zero-order chi connectivity index (χ0) is 30.8. The van der Waals surface area contributed by atoms with Crippen LogP contribution in [-0.4, -0.2) is 48.9 Å². The Morgan fingerprint density at radius 3 is 1.61 bits per heavy atom. The second kappa shape index (κ2) is 13.5. The summed E-state index contributed by atoms with van der Waals surface area (Å²) < 4.78 is 20.7. The summed E-state index contributed by atoms with van der Waals surface area (Å²) in [5.41, 5.74) is -1.07. The molecule has 3 aromatic rings. The van der Waals surface area contributed by atoms with Crippen molar-refractivity contribution in [1.29, 1.82) is 0 Å². The topological polar surface area (TPSA) is 129 Å². The number of hydrogen-bond donors (Lipinski definition) is 2. The number of aromatic hydroxyl groups is 1. The van der Waals surface area contributed by atoms with Gasteiger partial charge in [0.05, 0.1) is 57.1 Å². The Morgan fingerprint density at radius 2 is 1.20 bits per heavy atom. The normalized spacial score (nSPS) is 11.5. The molecule has 0 spiro atoms. The summed E-state index contributed by atoms with van der Waals surface area (Å²) in [7, 11) is 2.67. The number of carboxylic acids is 1. The maximum Gasteiger partial charge on any atom is 0.343 e. The fourth-order valence-electron chi connectivity index (χ4n) is 3.71. The second-order valence-corrected chi connectivity index (χ2v) is 10.6. The van der Waals surface area contributed by atoms with Crippen LogP contribution in [0.1, 0.15) is 49.5 Å². The molecule has 0 heterocycles. The molecule has 0 aromatic heterocycles. The Bertz CT molecular complexity index is 1510. The average molecular weight is 687 g/mol. The third-order valence-electron chi connectivity index (χ3n) is 5.59. The van der Waals surface area contributed by atoms with E-state index in [1.807, 2.05) is 0 Å². The van der Waals surface area contributed by atoms with E-state index in [9.17, 15) is 24.6 Å². The predicted molar refractivity (Wildman–Crippen MR) is 155 cm³/mol. The highest BCUT2D eigenvalue weighted by atomic mass is 35.5. The van der Waals surface area contributed by atoms with Crippen molar-refractivity contribution >= 4 is 87.5 Å². The van der Waals surface area contributed by atoms with Crippen molar-refractivity contribution in [3.05, 3.63) is 76.7 Å². The Hall–Kier alpha value is -2.79. The van der Waals surface area contributed by atoms with Gasteiger partial charge < -0.3 is 29.2 Å². The van der Waals surface area contributed by atoms with Gasteiger partial charge in [0.1, 0.15) is 10.6 Å². The van der Waals surface area contributed by atoms with Crippen LogP contribution >= 0.6 is 69.6 Å². The summed E-state index contributed by atoms with van der Waals surface area (Å²) in [6.07, 6.45) is 0. The van der Waals surface area contributed by atoms with Gasteiger partial charge in [-0.3, -0.25) is 0 Å². The van der Waals surface area contributed by atoms with Gasteiger partial charge in [-0.2, -0.15) is 0 Å². The minimum atomic E-state index is -1.61. The maximum atomic E-state index is 12.9. The molecule has 3 aromatic carbocycles. The van der Waals surface area contributed by atoms with Crippen LogP contribution < -0.4 is 14.2 Å². The fraction of sp³-hybridized carbons (Fsp3) is 0.192. The van der Waals surface area contributed by atoms with Crippen molar-refractivity contribution in [2.45, 2.75) is 12.8 Å². The number of phenolic OH excluding ortho intramolecular Hbond substituents is 1. The number of carboxylic acid groups (broad SMARTS) is 1. The summed E-state index contributed by atoms with van der Waals surface area (Å²) in [6, 6.07) is 4.91. The predicted octanol–water partition coefficient (Wildman–Crippen LogP) is 8.21. The zero-order valence-electron chi connectivity index (χ0n) is 21.1. The molecule has 1 unspecified atom stereocenters. The lowest BCUT2D eigenvalue weighted by Crippen LogP contribution is -2.18. The van der Waals surface area contributed by atoms with Gasteiger partial charge in [-0.25, -0.2) is 14.4 Å². The highest BCUT2D eigenvalue weighted by Gasteiger charge is 2.32. The molecule has 0 amide bonds. The van der Waals surface area contributed by atoms with E-state index in [0.29, 0.717) is 0 Å². The van der Waals surface area contributed by atoms with Crippen LogP contribution in [0.15, 0.2) is 24.3 Å². The number of carbonyl (C=O) groups is 3. The summed E-state index contributed by atoms with van der Waals surface area (Å²) >= 11 is 36.8. The molecule has 0 saturated heterocycles. The van der Waals surface area contributed by atoms with E-state index in [-0.39, 0.29) is 48.3 Å². The lowest BCUT2D eigenvalue weighted by atomic mass is 9.94. The number of benzene rings is 3. The maximum absolute atomic E-state index is 12.9. The van der Waals surface area contributed by atoms with Gasteiger partial charge in [-0.05, 0) is 29.8 Å². The van der Waals surface area contributed by atoms with E-state index in [2.05, 4.69) is 0 Å². The summed E-state index contributed by atoms with van der Waals surface area (Å²) in [4.78, 5) is 38.0. The van der Waals surface area contributed by atoms with Gasteiger partial charge in [0.15, 0.2) is 23.0 Å². The molecule has 218 valence electrons. The van der Waals surface area contributed by atoms with Crippen molar-refractivity contribution in [3.63, 3.8) is 0 Å². The van der Waals surface area contributed by atoms with Crippen LogP contribution in [0, 0.1) is 0 Å². The van der Waals surface area contributed by atoms with Gasteiger partial charge in [-0.15, -0.1) is 0 Å². The molecule has 0 radical (unpaired) electrons. The molecule has 1 atom stereocenters. The minimum absolute atomic E-state index is 0.0112. The average Bonchev–Trinajstić information content (AvgIpc) is 2.90. The Labute approximate surface area is 263 Å². The molecule has 3 rings (SSSR count). The Balaban J connectivity index is 1.98. The first kappa shape index (κ1) is 32.7. The number of rotatable bonds is 9. The van der Waals surface area contributed by atoms with E-state index < -0.39 is 57.5 Å². The zero-order valence-corrected chi connectivity index (χ0v) is 25.6. The lowest BCUT2D eigenvalue weighted by Gasteiger charge is -2.21. The molecular formula is C26H18Cl6O9. The minimum Gasteiger partial charge on any atom is -0.505 e. The van der Waals surface area contributed by atoms with Crippen LogP contribution in [-0.2, 0) is 4.74 Å². The van der Waals surface area contributed by atoms with Crippen LogP contribution in [0.3, 0.4) is 0 Å². The molecule has 0 fully saturated rings. The van der Waals surface area contributed by atoms with Crippen LogP contribution in [0.5, 0.6) is 23.0 Å². The molecule has 41 heavy (non-hydrogen) atoms. The number of ether oxygens (including phenoxy) is 4. The first-order chi connectivity index (χ1) is 19.2. The number of carbonyl (C=O) groups excluding carboxylic acids is 2. The summed E-state index contributed by atoms with van der Waals surface area (Å²) in [6.45, 7) is 1.02. The Morgan fingerprint density at radius 1 is 0.756 bits per heavy atom. The summed E-state index contributed by atoms with van der Waals surface area (Å²) in [5.74, 6) is -5.76. The molecule has 0 bridgehead atoms. The van der Waals surface area contributed by atoms with Gasteiger partial charge >= 0.3 is 17.9 Å². The summed E-state index contributed by atoms with van der Waals surface area (Å²) in [5, 5.41) is 19.6. The van der Waals surface area contributed by atoms with Gasteiger partial charge in [0.25, 0.3) is 0 Å². The standard InChI is InChI=1S/C26H18Cl6O9/c1-9(8-40-25(36)10-4-12(27)21(38-2)13(28)5-10)16-17(24(34)35)23(19(32)20(33)18(16)31)41-26(37)11-6-14(29)22(39-3)15(30)7-11/h4-7,9,33H,8H2,1-3H3,(H,34,35). The molecule has 0 aliphatic carbocycles. The van der Waals surface area contributed by atoms with Crippen molar-refractivity contribution < 1.29 is 43.5 Å². The number of aromatic carboxylic acids is 1. The van der Waals surface area contributed by atoms with E-state index in [1.54, 1.807) is 0 Å². The quantitative estimate of drug-likeness (QED) is 0.169. The number of phenols is 1. The third kappa shape index (κ3) is 6.83. The van der Waals surface area contributed by atoms with Gasteiger partial charge in [0, 0.05) is 5.92 Å². The van der Waals surface area contributed by atoms with Crippen LogP contribution in [0.4, 0.5) is 0 Å². The number of halogens is 6. The first-order valence-electron chi connectivity index (χ1n) is 11.2. The molecule has 0 aliphatic rings. The smallest absolute Gasteiger partial charge is 0.343 e. The highest BCUT2D eigenvalue weighted by Crippen LogP contribution is 2.48. The van der Waals surface area contributed by atoms with Crippen LogP contribution in [0.2, 0.25) is 30.1 Å². The monoisotopic (exact) mass is 684 g/mol. The van der Waals surface area contributed by atoms with Crippen molar-refractivity contribution in [2.24, 2.45) is 0 Å². The van der Waals surface area contributed by atoms with Gasteiger partial charge in [0.2, 0.25) is 0 Å². The van der Waals surface area contributed by atoms with Crippen molar-refractivity contribution in [2.75, 3.05) is 20.8 Å². The molecule has 2 N–H and O–H groups in total. The Kier molecular flexibility index (Phi) is 10.7. The van der Waals surface area contributed by atoms with Crippen LogP contribution in [0.25, 0.3) is 0 Å². The molecule has 0 aliphatic heterocycles. The lowest BCUT2D eigenvalue weighted by molar-refractivity contribution is 0.0485. The van der Waals surface area contributed by atoms with Gasteiger partial charge in [-0.1, -0.05) is 76.5 Å². The number of esters is 2. The van der Waals surface area contributed by atoms with E-state index in [1.165, 1.54) is 45.4 Å². The number of hydrogen-bond acceptors (Lipinski definition) is 8. The molecule has 9 nitrogen and oxygen atoms in total. The SMILES string of the molecule is COc1c(Cl)cc(C(=O)OCC(C)c2c(Cl)c(O)c(Cl)c(OC(=O)c3cc(Cl)c(OC)c(Cl)c3)c2C(=O)O)cc1Cl. The highest BCUT2D eigenvalue weighted by molar-refractivity contribution is 6.40. The second-order valence-electron chi connectivity index (χ2n) is 8.23. The largest absolute Gasteiger partial charge is 0.505 e. The molecule has 0 saturated carbocycles. The number of methoxy groups -OCH3 is 2.